The Morgan fingerprint density at radius 3 is 2.26 bits per heavy atom. The summed E-state index contributed by atoms with van der Waals surface area (Å²) in [5.41, 5.74) is 1.37. The van der Waals surface area contributed by atoms with E-state index in [0.717, 1.165) is 17.4 Å². The van der Waals surface area contributed by atoms with Crippen LogP contribution in [0.1, 0.15) is 34.7 Å². The number of nitrogens with zero attached hydrogens (tertiary/aromatic N) is 3. The molecule has 2 aromatic rings. The maximum Gasteiger partial charge on any atom is 0.182 e. The minimum absolute atomic E-state index is 0. The molecule has 0 radical (unpaired) electrons. The maximum atomic E-state index is 5.18. The van der Waals surface area contributed by atoms with Crippen LogP contribution in [0.25, 0.3) is 0 Å². The molecule has 0 unspecified atom stereocenters. The lowest BCUT2D eigenvalue weighted by molar-refractivity contribution is 0.104. The van der Waals surface area contributed by atoms with Gasteiger partial charge in [-0.05, 0) is 45.4 Å². The van der Waals surface area contributed by atoms with E-state index in [-0.39, 0.29) is 1.43 Å². The molecule has 1 aromatic carbocycles. The highest BCUT2D eigenvalue weighted by Crippen LogP contribution is 2.14. The van der Waals surface area contributed by atoms with Gasteiger partial charge in [-0.2, -0.15) is 0 Å². The van der Waals surface area contributed by atoms with Crippen LogP contribution >= 0.6 is 11.3 Å². The molecule has 1 aliphatic rings. The van der Waals surface area contributed by atoms with Gasteiger partial charge in [-0.3, -0.25) is 9.80 Å². The summed E-state index contributed by atoms with van der Waals surface area (Å²) in [4.78, 5) is 9.14. The van der Waals surface area contributed by atoms with Gasteiger partial charge in [0.1, 0.15) is 5.75 Å². The van der Waals surface area contributed by atoms with Gasteiger partial charge in [0.25, 0.3) is 0 Å². The van der Waals surface area contributed by atoms with E-state index in [1.807, 2.05) is 17.5 Å². The zero-order valence-electron chi connectivity index (χ0n) is 17.3. The summed E-state index contributed by atoms with van der Waals surface area (Å²) in [6.45, 7) is 14.5. The summed E-state index contributed by atoms with van der Waals surface area (Å²) < 4.78 is 5.18. The molecule has 0 atom stereocenters. The van der Waals surface area contributed by atoms with Crippen LogP contribution in [-0.2, 0) is 6.54 Å². The second kappa shape index (κ2) is 11.3. The van der Waals surface area contributed by atoms with Gasteiger partial charge in [0.15, 0.2) is 5.13 Å². The van der Waals surface area contributed by atoms with Crippen LogP contribution in [0.4, 0.5) is 5.13 Å². The van der Waals surface area contributed by atoms with Crippen LogP contribution in [0.3, 0.4) is 0 Å². The van der Waals surface area contributed by atoms with Crippen LogP contribution in [0.15, 0.2) is 35.8 Å². The Morgan fingerprint density at radius 2 is 1.78 bits per heavy atom. The quantitative estimate of drug-likeness (QED) is 0.787. The summed E-state index contributed by atoms with van der Waals surface area (Å²) in [6.07, 6.45) is 1.80. The van der Waals surface area contributed by atoms with Crippen molar-refractivity contribution >= 4 is 16.5 Å². The smallest absolute Gasteiger partial charge is 0.182 e. The van der Waals surface area contributed by atoms with Crippen molar-refractivity contribution in [2.24, 2.45) is 0 Å². The molecule has 152 valence electrons. The Kier molecular flexibility index (Phi) is 9.04. The summed E-state index contributed by atoms with van der Waals surface area (Å²) in [6, 6.07) is 9.56. The molecule has 5 nitrogen and oxygen atoms in total. The van der Waals surface area contributed by atoms with Crippen molar-refractivity contribution in [3.8, 4) is 5.75 Å². The Morgan fingerprint density at radius 1 is 1.11 bits per heavy atom. The van der Waals surface area contributed by atoms with Gasteiger partial charge in [-0.1, -0.05) is 12.1 Å². The molecule has 1 aromatic heterocycles. The summed E-state index contributed by atoms with van der Waals surface area (Å²) in [5.74, 6) is 0.934. The number of hydrogen-bond acceptors (Lipinski definition) is 6. The lowest BCUT2D eigenvalue weighted by Gasteiger charge is -2.36. The van der Waals surface area contributed by atoms with Crippen LogP contribution in [0.2, 0.25) is 0 Å². The molecule has 3 rings (SSSR count). The van der Waals surface area contributed by atoms with E-state index in [1.165, 1.54) is 31.7 Å². The Balaban J connectivity index is 0.000000332. The number of piperazine rings is 1. The second-order valence-electron chi connectivity index (χ2n) is 7.39. The number of anilines is 1. The van der Waals surface area contributed by atoms with E-state index in [1.54, 1.807) is 24.6 Å². The monoisotopic (exact) mass is 392 g/mol. The van der Waals surface area contributed by atoms with Crippen molar-refractivity contribution < 1.29 is 6.16 Å². The lowest BCUT2D eigenvalue weighted by Crippen LogP contribution is -2.48. The Labute approximate surface area is 169 Å². The molecule has 1 N–H and O–H groups in total. The van der Waals surface area contributed by atoms with Gasteiger partial charge >= 0.3 is 0 Å². The highest BCUT2D eigenvalue weighted by molar-refractivity contribution is 7.13. The number of ether oxygens (including phenoxy) is 1. The molecular weight excluding hydrogens is 356 g/mol. The largest absolute Gasteiger partial charge is 0.497 e. The van der Waals surface area contributed by atoms with Gasteiger partial charge in [0, 0.05) is 57.8 Å². The fourth-order valence-electron chi connectivity index (χ4n) is 2.97. The van der Waals surface area contributed by atoms with Crippen LogP contribution in [-0.4, -0.2) is 60.2 Å². The molecule has 0 bridgehead atoms. The first-order valence-electron chi connectivity index (χ1n) is 9.73. The molecule has 1 fully saturated rings. The Hall–Kier alpha value is -1.63. The normalized spacial score (nSPS) is 15.5. The SMILES string of the molecule is CC(C)Nc1nccs1.COc1ccc(CN2CCN(C(C)C)CC2)cc1.[HH]. The average molecular weight is 393 g/mol. The maximum absolute atomic E-state index is 5.18. The molecule has 0 saturated carbocycles. The van der Waals surface area contributed by atoms with Crippen molar-refractivity contribution in [3.05, 3.63) is 41.4 Å². The van der Waals surface area contributed by atoms with Gasteiger partial charge in [0.2, 0.25) is 0 Å². The van der Waals surface area contributed by atoms with E-state index in [9.17, 15) is 0 Å². The number of hydrogen-bond donors (Lipinski definition) is 1. The fourth-order valence-corrected chi connectivity index (χ4v) is 3.64. The fraction of sp³-hybridized carbons (Fsp3) is 0.571. The molecule has 0 amide bonds. The molecule has 27 heavy (non-hydrogen) atoms. The number of methoxy groups -OCH3 is 1. The third kappa shape index (κ3) is 7.87. The summed E-state index contributed by atoms with van der Waals surface area (Å²) >= 11 is 1.63. The van der Waals surface area contributed by atoms with Crippen molar-refractivity contribution in [2.45, 2.75) is 46.3 Å². The highest BCUT2D eigenvalue weighted by Gasteiger charge is 2.18. The first-order chi connectivity index (χ1) is 13.0. The molecule has 0 spiro atoms. The lowest BCUT2D eigenvalue weighted by atomic mass is 10.2. The molecular formula is C21H36N4OS. The zero-order valence-corrected chi connectivity index (χ0v) is 18.1. The molecule has 1 aliphatic heterocycles. The Bertz CT molecular complexity index is 626. The second-order valence-corrected chi connectivity index (χ2v) is 8.28. The van der Waals surface area contributed by atoms with Crippen molar-refractivity contribution in [1.29, 1.82) is 0 Å². The van der Waals surface area contributed by atoms with Crippen LogP contribution in [0.5, 0.6) is 5.75 Å². The average Bonchev–Trinajstić information content (AvgIpc) is 3.16. The molecule has 6 heteroatoms. The van der Waals surface area contributed by atoms with Crippen molar-refractivity contribution in [1.82, 2.24) is 14.8 Å². The number of nitrogens with one attached hydrogen (secondary N) is 1. The predicted octanol–water partition coefficient (Wildman–Crippen LogP) is 4.43. The predicted molar refractivity (Wildman–Crippen MR) is 118 cm³/mol. The topological polar surface area (TPSA) is 40.6 Å². The van der Waals surface area contributed by atoms with Gasteiger partial charge in [-0.15, -0.1) is 11.3 Å². The molecule has 1 saturated heterocycles. The third-order valence-corrected chi connectivity index (χ3v) is 5.25. The number of rotatable bonds is 6. The molecule has 0 aliphatic carbocycles. The minimum Gasteiger partial charge on any atom is -0.497 e. The van der Waals surface area contributed by atoms with E-state index in [2.05, 4.69) is 59.9 Å². The summed E-state index contributed by atoms with van der Waals surface area (Å²) in [5, 5.41) is 6.16. The number of aromatic nitrogens is 1. The van der Waals surface area contributed by atoms with E-state index in [4.69, 9.17) is 4.74 Å². The molecule has 2 heterocycles. The van der Waals surface area contributed by atoms with E-state index in [0.29, 0.717) is 12.1 Å². The van der Waals surface area contributed by atoms with Crippen molar-refractivity contribution in [2.75, 3.05) is 38.6 Å². The third-order valence-electron chi connectivity index (χ3n) is 4.55. The first kappa shape index (κ1) is 21.7. The van der Waals surface area contributed by atoms with E-state index < -0.39 is 0 Å². The van der Waals surface area contributed by atoms with Gasteiger partial charge in [-0.25, -0.2) is 4.98 Å². The first-order valence-corrected chi connectivity index (χ1v) is 10.6. The number of thiazole rings is 1. The zero-order chi connectivity index (χ0) is 19.6. The van der Waals surface area contributed by atoms with Crippen LogP contribution in [0, 0.1) is 0 Å². The van der Waals surface area contributed by atoms with Crippen LogP contribution < -0.4 is 10.1 Å². The van der Waals surface area contributed by atoms with E-state index >= 15 is 0 Å². The minimum atomic E-state index is 0. The van der Waals surface area contributed by atoms with Gasteiger partial charge < -0.3 is 10.1 Å². The standard InChI is InChI=1S/C15H24N2O.C6H10N2S.H2/c1-13(2)17-10-8-16(9-11-17)12-14-4-6-15(18-3)7-5-14;1-5(2)8-6-7-3-4-9-6;/h4-7,13H,8-12H2,1-3H3;3-5H,1-2H3,(H,7,8);1H. The van der Waals surface area contributed by atoms with Crippen molar-refractivity contribution in [3.63, 3.8) is 0 Å². The van der Waals surface area contributed by atoms with Gasteiger partial charge in [0.05, 0.1) is 7.11 Å². The number of benzene rings is 1. The summed E-state index contributed by atoms with van der Waals surface area (Å²) in [7, 11) is 1.71. The highest BCUT2D eigenvalue weighted by atomic mass is 32.1.